The van der Waals surface area contributed by atoms with Gasteiger partial charge in [0.15, 0.2) is 11.7 Å². The highest BCUT2D eigenvalue weighted by Crippen LogP contribution is 2.28. The van der Waals surface area contributed by atoms with Gasteiger partial charge < -0.3 is 24.8 Å². The molecule has 0 aromatic heterocycles. The van der Waals surface area contributed by atoms with E-state index in [2.05, 4.69) is 15.4 Å². The highest BCUT2D eigenvalue weighted by Gasteiger charge is 2.30. The number of hydrogen-bond donors (Lipinski definition) is 2. The van der Waals surface area contributed by atoms with Gasteiger partial charge in [-0.25, -0.2) is 9.59 Å². The molecule has 7 nitrogen and oxygen atoms in total. The third kappa shape index (κ3) is 4.69. The van der Waals surface area contributed by atoms with Crippen LogP contribution in [0.5, 0.6) is 5.75 Å². The maximum Gasteiger partial charge on any atom is 0.343 e. The Hall–Kier alpha value is -2.61. The average Bonchev–Trinajstić information content (AvgIpc) is 2.59. The fourth-order valence-corrected chi connectivity index (χ4v) is 2.65. The number of carbonyl (C=O) groups excluding carboxylic acids is 2. The summed E-state index contributed by atoms with van der Waals surface area (Å²) >= 11 is 5.19. The van der Waals surface area contributed by atoms with E-state index in [9.17, 15) is 9.59 Å². The Morgan fingerprint density at radius 3 is 2.52 bits per heavy atom. The molecule has 25 heavy (non-hydrogen) atoms. The number of hydrogen-bond acceptors (Lipinski definition) is 6. The highest BCUT2D eigenvalue weighted by atomic mass is 32.1. The van der Waals surface area contributed by atoms with Gasteiger partial charge in [-0.05, 0) is 43.8 Å². The van der Waals surface area contributed by atoms with Crippen LogP contribution >= 0.6 is 12.2 Å². The number of allylic oxidation sites excluding steroid dienone is 1. The van der Waals surface area contributed by atoms with Crippen LogP contribution in [0.25, 0.3) is 0 Å². The molecule has 8 heteroatoms. The Morgan fingerprint density at radius 2 is 1.92 bits per heavy atom. The van der Waals surface area contributed by atoms with Crippen molar-refractivity contribution in [2.24, 2.45) is 0 Å². The van der Waals surface area contributed by atoms with Crippen LogP contribution in [0.15, 0.2) is 35.5 Å². The molecule has 2 rings (SSSR count). The first-order valence-electron chi connectivity index (χ1n) is 7.71. The van der Waals surface area contributed by atoms with Gasteiger partial charge in [0.25, 0.3) is 0 Å². The molecule has 1 aliphatic rings. The third-order valence-electron chi connectivity index (χ3n) is 3.56. The Bertz CT molecular complexity index is 699. The van der Waals surface area contributed by atoms with Crippen LogP contribution in [0.3, 0.4) is 0 Å². The fraction of sp³-hybridized carbons (Fsp3) is 0.353. The molecule has 1 unspecified atom stereocenters. The van der Waals surface area contributed by atoms with Gasteiger partial charge in [0, 0.05) is 5.70 Å². The number of nitrogens with one attached hydrogen (secondary N) is 2. The van der Waals surface area contributed by atoms with Crippen LogP contribution in [0, 0.1) is 0 Å². The summed E-state index contributed by atoms with van der Waals surface area (Å²) in [7, 11) is 1.30. The highest BCUT2D eigenvalue weighted by molar-refractivity contribution is 7.80. The second kappa shape index (κ2) is 8.48. The van der Waals surface area contributed by atoms with Gasteiger partial charge >= 0.3 is 11.9 Å². The van der Waals surface area contributed by atoms with Gasteiger partial charge in [0.1, 0.15) is 5.75 Å². The predicted octanol–water partition coefficient (Wildman–Crippen LogP) is 1.59. The standard InChI is InChI=1S/C17H20N2O5S/c1-4-23-16(21)14-10(2)18-17(25)19-15(14)11-5-7-12(8-6-11)24-9-13(20)22-3/h5-8,15H,4,9H2,1-3H3,(H2,18,19,25). The van der Waals surface area contributed by atoms with E-state index in [1.165, 1.54) is 7.11 Å². The molecule has 0 saturated carbocycles. The summed E-state index contributed by atoms with van der Waals surface area (Å²) < 4.78 is 15.0. The van der Waals surface area contributed by atoms with Gasteiger partial charge in [-0.2, -0.15) is 0 Å². The molecule has 0 saturated heterocycles. The van der Waals surface area contributed by atoms with Gasteiger partial charge in [-0.15, -0.1) is 0 Å². The number of thiocarbonyl (C=S) groups is 1. The lowest BCUT2D eigenvalue weighted by Gasteiger charge is -2.29. The van der Waals surface area contributed by atoms with Crippen molar-refractivity contribution in [2.45, 2.75) is 19.9 Å². The first-order valence-corrected chi connectivity index (χ1v) is 8.12. The largest absolute Gasteiger partial charge is 0.482 e. The van der Waals surface area contributed by atoms with Crippen molar-refractivity contribution >= 4 is 29.3 Å². The smallest absolute Gasteiger partial charge is 0.343 e. The Labute approximate surface area is 151 Å². The van der Waals surface area contributed by atoms with Crippen molar-refractivity contribution in [1.82, 2.24) is 10.6 Å². The molecule has 2 N–H and O–H groups in total. The van der Waals surface area contributed by atoms with Crippen molar-refractivity contribution < 1.29 is 23.8 Å². The molecular weight excluding hydrogens is 344 g/mol. The van der Waals surface area contributed by atoms with Crippen LogP contribution in [0.1, 0.15) is 25.5 Å². The summed E-state index contributed by atoms with van der Waals surface area (Å²) in [5.74, 6) is -0.347. The number of rotatable bonds is 6. The fourth-order valence-electron chi connectivity index (χ4n) is 2.38. The number of ether oxygens (including phenoxy) is 3. The molecule has 1 atom stereocenters. The molecule has 0 bridgehead atoms. The zero-order valence-corrected chi connectivity index (χ0v) is 15.1. The summed E-state index contributed by atoms with van der Waals surface area (Å²) in [6, 6.07) is 6.59. The normalized spacial score (nSPS) is 16.6. The molecule has 1 aromatic carbocycles. The van der Waals surface area contributed by atoms with Gasteiger partial charge in [0.2, 0.25) is 0 Å². The average molecular weight is 364 g/mol. The van der Waals surface area contributed by atoms with Crippen LogP contribution in [-0.4, -0.2) is 37.4 Å². The van der Waals surface area contributed by atoms with E-state index >= 15 is 0 Å². The zero-order valence-electron chi connectivity index (χ0n) is 14.3. The molecule has 0 amide bonds. The predicted molar refractivity (Wildman–Crippen MR) is 94.9 cm³/mol. The van der Waals surface area contributed by atoms with Crippen LogP contribution in [0.2, 0.25) is 0 Å². The van der Waals surface area contributed by atoms with Gasteiger partial charge in [-0.3, -0.25) is 0 Å². The van der Waals surface area contributed by atoms with Gasteiger partial charge in [0.05, 0.1) is 25.3 Å². The molecule has 0 aliphatic carbocycles. The quantitative estimate of drug-likeness (QED) is 0.581. The first kappa shape index (κ1) is 18.7. The maximum absolute atomic E-state index is 12.3. The second-order valence-electron chi connectivity index (χ2n) is 5.22. The number of esters is 2. The minimum atomic E-state index is -0.461. The maximum atomic E-state index is 12.3. The lowest BCUT2D eigenvalue weighted by atomic mass is 9.95. The van der Waals surface area contributed by atoms with Crippen molar-refractivity contribution in [3.63, 3.8) is 0 Å². The van der Waals surface area contributed by atoms with E-state index in [1.54, 1.807) is 38.1 Å². The lowest BCUT2D eigenvalue weighted by Crippen LogP contribution is -2.45. The summed E-state index contributed by atoms with van der Waals surface area (Å²) in [6.45, 7) is 3.65. The van der Waals surface area contributed by atoms with Crippen LogP contribution in [-0.2, 0) is 19.1 Å². The van der Waals surface area contributed by atoms with Gasteiger partial charge in [-0.1, -0.05) is 12.1 Å². The molecule has 134 valence electrons. The van der Waals surface area contributed by atoms with E-state index < -0.39 is 18.0 Å². The van der Waals surface area contributed by atoms with Crippen molar-refractivity contribution in [3.05, 3.63) is 41.1 Å². The monoisotopic (exact) mass is 364 g/mol. The lowest BCUT2D eigenvalue weighted by molar-refractivity contribution is -0.143. The summed E-state index contributed by atoms with van der Waals surface area (Å²) in [5, 5.41) is 6.45. The van der Waals surface area contributed by atoms with E-state index in [4.69, 9.17) is 21.7 Å². The van der Waals surface area contributed by atoms with E-state index in [-0.39, 0.29) is 13.2 Å². The number of methoxy groups -OCH3 is 1. The molecule has 0 spiro atoms. The third-order valence-corrected chi connectivity index (χ3v) is 3.78. The molecule has 1 aliphatic heterocycles. The van der Waals surface area contributed by atoms with Crippen molar-refractivity contribution in [3.8, 4) is 5.75 Å². The molecule has 0 fully saturated rings. The first-order chi connectivity index (χ1) is 12.0. The van der Waals surface area contributed by atoms with Crippen molar-refractivity contribution in [2.75, 3.05) is 20.3 Å². The Kier molecular flexibility index (Phi) is 6.35. The second-order valence-corrected chi connectivity index (χ2v) is 5.63. The van der Waals surface area contributed by atoms with Crippen LogP contribution in [0.4, 0.5) is 0 Å². The Balaban J connectivity index is 2.22. The molecule has 1 heterocycles. The zero-order chi connectivity index (χ0) is 18.4. The summed E-state index contributed by atoms with van der Waals surface area (Å²) in [4.78, 5) is 23.4. The van der Waals surface area contributed by atoms with E-state index in [0.29, 0.717) is 22.1 Å². The summed E-state index contributed by atoms with van der Waals surface area (Å²) in [5.41, 5.74) is 1.94. The number of benzene rings is 1. The van der Waals surface area contributed by atoms with Crippen LogP contribution < -0.4 is 15.4 Å². The van der Waals surface area contributed by atoms with E-state index in [0.717, 1.165) is 5.56 Å². The molecule has 0 radical (unpaired) electrons. The van der Waals surface area contributed by atoms with Crippen molar-refractivity contribution in [1.29, 1.82) is 0 Å². The number of carbonyl (C=O) groups is 2. The molecule has 1 aromatic rings. The SMILES string of the molecule is CCOC(=O)C1=C(C)NC(=S)NC1c1ccc(OCC(=O)OC)cc1. The minimum Gasteiger partial charge on any atom is -0.482 e. The topological polar surface area (TPSA) is 85.9 Å². The minimum absolute atomic E-state index is 0.168. The Morgan fingerprint density at radius 1 is 1.24 bits per heavy atom. The van der Waals surface area contributed by atoms with E-state index in [1.807, 2.05) is 0 Å². The summed E-state index contributed by atoms with van der Waals surface area (Å²) in [6.07, 6.45) is 0. The molecular formula is C17H20N2O5S.